The number of nitrogens with two attached hydrogens (primary N) is 1. The van der Waals surface area contributed by atoms with Crippen LogP contribution in [0.25, 0.3) is 0 Å². The van der Waals surface area contributed by atoms with Gasteiger partial charge in [-0.1, -0.05) is 13.3 Å². The van der Waals surface area contributed by atoms with Crippen LogP contribution in [0.15, 0.2) is 18.3 Å². The number of anilines is 1. The van der Waals surface area contributed by atoms with E-state index in [0.29, 0.717) is 13.0 Å². The molecule has 1 unspecified atom stereocenters. The molecule has 0 bridgehead atoms. The van der Waals surface area contributed by atoms with Crippen molar-refractivity contribution in [1.82, 2.24) is 15.2 Å². The monoisotopic (exact) mass is 355 g/mol. The molecule has 1 fully saturated rings. The maximum Gasteiger partial charge on any atom is 0.240 e. The van der Waals surface area contributed by atoms with Gasteiger partial charge in [-0.25, -0.2) is 4.98 Å². The van der Waals surface area contributed by atoms with E-state index in [0.717, 1.165) is 44.0 Å². The Bertz CT molecular complexity index is 529. The quantitative estimate of drug-likeness (QED) is 0.806. The minimum Gasteiger partial charge on any atom is -0.354 e. The normalized spacial score (nSPS) is 17.8. The van der Waals surface area contributed by atoms with Gasteiger partial charge >= 0.3 is 0 Å². The molecule has 2 heterocycles. The van der Waals surface area contributed by atoms with Gasteiger partial charge in [0, 0.05) is 38.9 Å². The Kier molecular flexibility index (Phi) is 7.93. The van der Waals surface area contributed by atoms with E-state index in [1.165, 1.54) is 0 Å². The third kappa shape index (κ3) is 5.61. The number of pyridine rings is 1. The maximum atomic E-state index is 12.2. The number of amides is 1. The molecule has 0 aromatic carbocycles. The smallest absolute Gasteiger partial charge is 0.240 e. The molecule has 1 aliphatic rings. The van der Waals surface area contributed by atoms with Crippen LogP contribution < -0.4 is 16.0 Å². The number of aromatic nitrogens is 1. The summed E-state index contributed by atoms with van der Waals surface area (Å²) in [5.41, 5.74) is 6.30. The molecule has 24 heavy (non-hydrogen) atoms. The Morgan fingerprint density at radius 1 is 1.38 bits per heavy atom. The lowest BCUT2D eigenvalue weighted by molar-refractivity contribution is -0.126. The van der Waals surface area contributed by atoms with E-state index in [9.17, 15) is 4.79 Å². The van der Waals surface area contributed by atoms with E-state index in [1.54, 1.807) is 6.92 Å². The summed E-state index contributed by atoms with van der Waals surface area (Å²) < 4.78 is 0. The molecular formula is C17H30ClN5O. The van der Waals surface area contributed by atoms with Crippen LogP contribution in [0.5, 0.6) is 0 Å². The highest BCUT2D eigenvalue weighted by Crippen LogP contribution is 2.15. The van der Waals surface area contributed by atoms with Crippen LogP contribution in [0.1, 0.15) is 32.3 Å². The molecule has 0 saturated carbocycles. The number of hydrogen-bond donors (Lipinski definition) is 2. The number of hydrogen-bond acceptors (Lipinski definition) is 5. The number of rotatable bonds is 6. The molecule has 1 aliphatic heterocycles. The molecule has 1 atom stereocenters. The summed E-state index contributed by atoms with van der Waals surface area (Å²) in [6.07, 6.45) is 3.38. The molecule has 0 aliphatic carbocycles. The van der Waals surface area contributed by atoms with Gasteiger partial charge in [0.2, 0.25) is 5.91 Å². The molecule has 1 amide bonds. The Morgan fingerprint density at radius 3 is 2.67 bits per heavy atom. The third-order valence-electron chi connectivity index (χ3n) is 4.38. The molecule has 7 heteroatoms. The summed E-state index contributed by atoms with van der Waals surface area (Å²) in [6, 6.07) is 3.99. The molecule has 136 valence electrons. The average molecular weight is 356 g/mol. The Labute approximate surface area is 151 Å². The van der Waals surface area contributed by atoms with Crippen molar-refractivity contribution in [2.24, 2.45) is 5.73 Å². The van der Waals surface area contributed by atoms with Crippen LogP contribution in [0.3, 0.4) is 0 Å². The van der Waals surface area contributed by atoms with Gasteiger partial charge in [-0.3, -0.25) is 4.79 Å². The minimum atomic E-state index is -0.804. The first-order valence-corrected chi connectivity index (χ1v) is 8.38. The van der Waals surface area contributed by atoms with Crippen LogP contribution in [0.2, 0.25) is 0 Å². The highest BCUT2D eigenvalue weighted by atomic mass is 35.5. The summed E-state index contributed by atoms with van der Waals surface area (Å²) in [5.74, 6) is 0.881. The standard InChI is InChI=1S/C17H29N5O.ClH/c1-4-6-17(2,18)16(23)20-13-14-5-7-19-15(12-14)22-10-8-21(3)9-11-22;/h5,7,12H,4,6,8-11,13,18H2,1-3H3,(H,20,23);1H. The van der Waals surface area contributed by atoms with Crippen molar-refractivity contribution < 1.29 is 4.79 Å². The fourth-order valence-electron chi connectivity index (χ4n) is 2.80. The van der Waals surface area contributed by atoms with Gasteiger partial charge in [-0.15, -0.1) is 12.4 Å². The molecule has 3 N–H and O–H groups in total. The Balaban J connectivity index is 0.00000288. The lowest BCUT2D eigenvalue weighted by atomic mass is 9.96. The van der Waals surface area contributed by atoms with Crippen LogP contribution in [-0.2, 0) is 11.3 Å². The number of carbonyl (C=O) groups is 1. The van der Waals surface area contributed by atoms with Crippen molar-refractivity contribution in [2.75, 3.05) is 38.1 Å². The first-order valence-electron chi connectivity index (χ1n) is 8.38. The lowest BCUT2D eigenvalue weighted by Gasteiger charge is -2.33. The fourth-order valence-corrected chi connectivity index (χ4v) is 2.80. The fraction of sp³-hybridized carbons (Fsp3) is 0.647. The second kappa shape index (κ2) is 9.20. The predicted octanol–water partition coefficient (Wildman–Crippen LogP) is 1.39. The van der Waals surface area contributed by atoms with Crippen molar-refractivity contribution >= 4 is 24.1 Å². The van der Waals surface area contributed by atoms with E-state index in [1.807, 2.05) is 19.2 Å². The number of carbonyl (C=O) groups excluding carboxylic acids is 1. The van der Waals surface area contributed by atoms with Crippen LogP contribution >= 0.6 is 12.4 Å². The predicted molar refractivity (Wildman–Crippen MR) is 101 cm³/mol. The van der Waals surface area contributed by atoms with E-state index in [4.69, 9.17) is 5.73 Å². The van der Waals surface area contributed by atoms with Gasteiger partial charge in [0.05, 0.1) is 5.54 Å². The Morgan fingerprint density at radius 2 is 2.04 bits per heavy atom. The van der Waals surface area contributed by atoms with E-state index >= 15 is 0 Å². The molecule has 1 aromatic rings. The second-order valence-electron chi connectivity index (χ2n) is 6.66. The third-order valence-corrected chi connectivity index (χ3v) is 4.38. The number of halogens is 1. The van der Waals surface area contributed by atoms with Crippen molar-refractivity contribution in [1.29, 1.82) is 0 Å². The molecule has 6 nitrogen and oxygen atoms in total. The lowest BCUT2D eigenvalue weighted by Crippen LogP contribution is -2.51. The van der Waals surface area contributed by atoms with Crippen molar-refractivity contribution in [3.63, 3.8) is 0 Å². The number of likely N-dealkylation sites (N-methyl/N-ethyl adjacent to an activating group) is 1. The van der Waals surface area contributed by atoms with Gasteiger partial charge < -0.3 is 20.9 Å². The molecule has 1 saturated heterocycles. The van der Waals surface area contributed by atoms with E-state index in [-0.39, 0.29) is 18.3 Å². The summed E-state index contributed by atoms with van der Waals surface area (Å²) >= 11 is 0. The number of nitrogens with zero attached hydrogens (tertiary/aromatic N) is 3. The summed E-state index contributed by atoms with van der Waals surface area (Å²) in [4.78, 5) is 21.2. The number of piperazine rings is 1. The molecule has 0 radical (unpaired) electrons. The summed E-state index contributed by atoms with van der Waals surface area (Å²) in [5, 5.41) is 2.94. The van der Waals surface area contributed by atoms with E-state index < -0.39 is 5.54 Å². The van der Waals surface area contributed by atoms with Crippen LogP contribution in [0.4, 0.5) is 5.82 Å². The molecule has 2 rings (SSSR count). The van der Waals surface area contributed by atoms with Gasteiger partial charge in [0.1, 0.15) is 5.82 Å². The molecule has 0 spiro atoms. The number of nitrogens with one attached hydrogen (secondary N) is 1. The van der Waals surface area contributed by atoms with Crippen molar-refractivity contribution in [2.45, 2.75) is 38.8 Å². The van der Waals surface area contributed by atoms with Crippen LogP contribution in [-0.4, -0.2) is 54.6 Å². The van der Waals surface area contributed by atoms with E-state index in [2.05, 4.69) is 33.2 Å². The van der Waals surface area contributed by atoms with Crippen molar-refractivity contribution in [3.05, 3.63) is 23.9 Å². The first-order chi connectivity index (χ1) is 10.9. The zero-order valence-corrected chi connectivity index (χ0v) is 15.7. The topological polar surface area (TPSA) is 74.5 Å². The Hall–Kier alpha value is -1.37. The molecule has 1 aromatic heterocycles. The highest BCUT2D eigenvalue weighted by molar-refractivity contribution is 5.85. The summed E-state index contributed by atoms with van der Waals surface area (Å²) in [7, 11) is 2.14. The van der Waals surface area contributed by atoms with Gasteiger partial charge in [0.25, 0.3) is 0 Å². The average Bonchev–Trinajstić information content (AvgIpc) is 2.53. The molecular weight excluding hydrogens is 326 g/mol. The zero-order valence-electron chi connectivity index (χ0n) is 14.9. The minimum absolute atomic E-state index is 0. The maximum absolute atomic E-state index is 12.2. The highest BCUT2D eigenvalue weighted by Gasteiger charge is 2.26. The van der Waals surface area contributed by atoms with Crippen molar-refractivity contribution in [3.8, 4) is 0 Å². The van der Waals surface area contributed by atoms with Gasteiger partial charge in [-0.2, -0.15) is 0 Å². The second-order valence-corrected chi connectivity index (χ2v) is 6.66. The van der Waals surface area contributed by atoms with Gasteiger partial charge in [-0.05, 0) is 38.1 Å². The summed E-state index contributed by atoms with van der Waals surface area (Å²) in [6.45, 7) is 8.36. The first kappa shape index (κ1) is 20.7. The SMILES string of the molecule is CCCC(C)(N)C(=O)NCc1ccnc(N2CCN(C)CC2)c1.Cl. The van der Waals surface area contributed by atoms with Gasteiger partial charge in [0.15, 0.2) is 0 Å². The van der Waals surface area contributed by atoms with Crippen LogP contribution in [0, 0.1) is 0 Å². The zero-order chi connectivity index (χ0) is 16.9. The largest absolute Gasteiger partial charge is 0.354 e.